The highest BCUT2D eigenvalue weighted by Gasteiger charge is 2.10. The second-order valence-electron chi connectivity index (χ2n) is 4.98. The number of benzene rings is 2. The maximum atomic E-state index is 12.9. The van der Waals surface area contributed by atoms with E-state index in [1.807, 2.05) is 24.3 Å². The van der Waals surface area contributed by atoms with Crippen LogP contribution in [0.4, 0.5) is 10.1 Å². The number of anilines is 1. The second kappa shape index (κ2) is 6.62. The molecule has 1 amide bonds. The van der Waals surface area contributed by atoms with E-state index in [2.05, 4.69) is 10.4 Å². The van der Waals surface area contributed by atoms with Gasteiger partial charge >= 0.3 is 0 Å². The van der Waals surface area contributed by atoms with Gasteiger partial charge in [-0.25, -0.2) is 4.39 Å². The van der Waals surface area contributed by atoms with Crippen LogP contribution < -0.4 is 5.32 Å². The molecule has 0 aliphatic carbocycles. The Hall–Kier alpha value is -2.66. The number of hydrogen-bond acceptors (Lipinski definition) is 2. The SMILES string of the molecule is O=C(Nc1ccc(F)cc1)c1cnn(Cc2ccccc2Cl)c1. The Bertz CT molecular complexity index is 830. The molecule has 0 saturated carbocycles. The van der Waals surface area contributed by atoms with Gasteiger partial charge in [0.05, 0.1) is 18.3 Å². The zero-order valence-electron chi connectivity index (χ0n) is 12.0. The zero-order chi connectivity index (χ0) is 16.2. The quantitative estimate of drug-likeness (QED) is 0.787. The maximum Gasteiger partial charge on any atom is 0.258 e. The van der Waals surface area contributed by atoms with E-state index in [9.17, 15) is 9.18 Å². The van der Waals surface area contributed by atoms with Gasteiger partial charge in [0, 0.05) is 16.9 Å². The number of halogens is 2. The molecular weight excluding hydrogens is 317 g/mol. The summed E-state index contributed by atoms with van der Waals surface area (Å²) in [5, 5.41) is 7.51. The molecular formula is C17H13ClFN3O. The first-order valence-corrected chi connectivity index (χ1v) is 7.32. The lowest BCUT2D eigenvalue weighted by Gasteiger charge is -2.04. The first kappa shape index (κ1) is 15.2. The van der Waals surface area contributed by atoms with Gasteiger partial charge in [-0.3, -0.25) is 9.48 Å². The monoisotopic (exact) mass is 329 g/mol. The second-order valence-corrected chi connectivity index (χ2v) is 5.39. The fourth-order valence-corrected chi connectivity index (χ4v) is 2.30. The predicted molar refractivity (Wildman–Crippen MR) is 87.1 cm³/mol. The molecule has 1 aromatic heterocycles. The van der Waals surface area contributed by atoms with Crippen molar-refractivity contribution >= 4 is 23.2 Å². The van der Waals surface area contributed by atoms with E-state index in [-0.39, 0.29) is 11.7 Å². The highest BCUT2D eigenvalue weighted by molar-refractivity contribution is 6.31. The summed E-state index contributed by atoms with van der Waals surface area (Å²) in [6.07, 6.45) is 3.12. The third-order valence-corrected chi connectivity index (χ3v) is 3.66. The van der Waals surface area contributed by atoms with Gasteiger partial charge in [0.2, 0.25) is 0 Å². The molecule has 3 aromatic rings. The van der Waals surface area contributed by atoms with Crippen LogP contribution in [0.5, 0.6) is 0 Å². The molecule has 0 bridgehead atoms. The molecule has 0 aliphatic rings. The molecule has 2 aromatic carbocycles. The molecule has 116 valence electrons. The molecule has 0 aliphatic heterocycles. The predicted octanol–water partition coefficient (Wildman–Crippen LogP) is 3.98. The molecule has 3 rings (SSSR count). The number of carbonyl (C=O) groups excluding carboxylic acids is 1. The van der Waals surface area contributed by atoms with E-state index < -0.39 is 0 Å². The smallest absolute Gasteiger partial charge is 0.258 e. The largest absolute Gasteiger partial charge is 0.322 e. The van der Waals surface area contributed by atoms with Gasteiger partial charge in [-0.1, -0.05) is 29.8 Å². The molecule has 0 saturated heterocycles. The highest BCUT2D eigenvalue weighted by atomic mass is 35.5. The van der Waals surface area contributed by atoms with Crippen molar-refractivity contribution in [1.82, 2.24) is 9.78 Å². The molecule has 1 N–H and O–H groups in total. The van der Waals surface area contributed by atoms with Crippen molar-refractivity contribution in [3.05, 3.63) is 82.9 Å². The molecule has 6 heteroatoms. The fourth-order valence-electron chi connectivity index (χ4n) is 2.10. The molecule has 23 heavy (non-hydrogen) atoms. The molecule has 1 heterocycles. The highest BCUT2D eigenvalue weighted by Crippen LogP contribution is 2.16. The van der Waals surface area contributed by atoms with E-state index in [0.717, 1.165) is 5.56 Å². The van der Waals surface area contributed by atoms with E-state index in [1.54, 1.807) is 10.9 Å². The third kappa shape index (κ3) is 3.76. The van der Waals surface area contributed by atoms with Gasteiger partial charge in [0.25, 0.3) is 5.91 Å². The Morgan fingerprint density at radius 1 is 1.17 bits per heavy atom. The minimum absolute atomic E-state index is 0.304. The van der Waals surface area contributed by atoms with Crippen LogP contribution in [-0.4, -0.2) is 15.7 Å². The van der Waals surface area contributed by atoms with E-state index in [1.165, 1.54) is 30.5 Å². The average molecular weight is 330 g/mol. The molecule has 4 nitrogen and oxygen atoms in total. The summed E-state index contributed by atoms with van der Waals surface area (Å²) in [6, 6.07) is 13.0. The molecule has 0 atom stereocenters. The van der Waals surface area contributed by atoms with Crippen molar-refractivity contribution in [2.24, 2.45) is 0 Å². The van der Waals surface area contributed by atoms with Crippen LogP contribution in [0, 0.1) is 5.82 Å². The minimum atomic E-state index is -0.351. The lowest BCUT2D eigenvalue weighted by atomic mass is 10.2. The number of nitrogens with zero attached hydrogens (tertiary/aromatic N) is 2. The summed E-state index contributed by atoms with van der Waals surface area (Å²) >= 11 is 6.11. The number of aromatic nitrogens is 2. The summed E-state index contributed by atoms with van der Waals surface area (Å²) in [6.45, 7) is 0.476. The summed E-state index contributed by atoms with van der Waals surface area (Å²) in [4.78, 5) is 12.1. The number of amides is 1. The molecule has 0 fully saturated rings. The number of hydrogen-bond donors (Lipinski definition) is 1. The number of carbonyl (C=O) groups is 1. The Kier molecular flexibility index (Phi) is 4.39. The lowest BCUT2D eigenvalue weighted by Crippen LogP contribution is -2.11. The van der Waals surface area contributed by atoms with E-state index in [4.69, 9.17) is 11.6 Å². The Morgan fingerprint density at radius 2 is 1.91 bits per heavy atom. The van der Waals surface area contributed by atoms with Gasteiger partial charge in [0.15, 0.2) is 0 Å². The fraction of sp³-hybridized carbons (Fsp3) is 0.0588. The van der Waals surface area contributed by atoms with Crippen LogP contribution >= 0.6 is 11.6 Å². The zero-order valence-corrected chi connectivity index (χ0v) is 12.8. The molecule has 0 unspecified atom stereocenters. The first-order valence-electron chi connectivity index (χ1n) is 6.94. The van der Waals surface area contributed by atoms with Crippen LogP contribution in [0.25, 0.3) is 0 Å². The maximum absolute atomic E-state index is 12.9. The summed E-state index contributed by atoms with van der Waals surface area (Å²) < 4.78 is 14.5. The van der Waals surface area contributed by atoms with Gasteiger partial charge in [0.1, 0.15) is 5.82 Å². The first-order chi connectivity index (χ1) is 11.1. The van der Waals surface area contributed by atoms with E-state index >= 15 is 0 Å². The standard InChI is InChI=1S/C17H13ClFN3O/c18-16-4-2-1-3-12(16)10-22-11-13(9-20-22)17(23)21-15-7-5-14(19)6-8-15/h1-9,11H,10H2,(H,21,23). The van der Waals surface area contributed by atoms with Crippen molar-refractivity contribution in [3.8, 4) is 0 Å². The molecule has 0 spiro atoms. The van der Waals surface area contributed by atoms with Crippen molar-refractivity contribution in [2.45, 2.75) is 6.54 Å². The van der Waals surface area contributed by atoms with Gasteiger partial charge in [-0.15, -0.1) is 0 Å². The van der Waals surface area contributed by atoms with Crippen molar-refractivity contribution in [1.29, 1.82) is 0 Å². The van der Waals surface area contributed by atoms with Crippen molar-refractivity contribution in [2.75, 3.05) is 5.32 Å². The van der Waals surface area contributed by atoms with Crippen LogP contribution in [-0.2, 0) is 6.54 Å². The lowest BCUT2D eigenvalue weighted by molar-refractivity contribution is 0.102. The van der Waals surface area contributed by atoms with Crippen molar-refractivity contribution < 1.29 is 9.18 Å². The Balaban J connectivity index is 1.70. The Labute approximate surface area is 137 Å². The van der Waals surface area contributed by atoms with Crippen LogP contribution in [0.1, 0.15) is 15.9 Å². The van der Waals surface area contributed by atoms with Crippen LogP contribution in [0.2, 0.25) is 5.02 Å². The summed E-state index contributed by atoms with van der Waals surface area (Å²) in [7, 11) is 0. The van der Waals surface area contributed by atoms with Gasteiger partial charge in [-0.2, -0.15) is 5.10 Å². The Morgan fingerprint density at radius 3 is 2.65 bits per heavy atom. The minimum Gasteiger partial charge on any atom is -0.322 e. The van der Waals surface area contributed by atoms with Crippen molar-refractivity contribution in [3.63, 3.8) is 0 Å². The normalized spacial score (nSPS) is 10.5. The third-order valence-electron chi connectivity index (χ3n) is 3.29. The summed E-state index contributed by atoms with van der Waals surface area (Å²) in [5.74, 6) is -0.655. The van der Waals surface area contributed by atoms with Gasteiger partial charge in [-0.05, 0) is 35.9 Å². The van der Waals surface area contributed by atoms with Gasteiger partial charge < -0.3 is 5.32 Å². The topological polar surface area (TPSA) is 46.9 Å². The van der Waals surface area contributed by atoms with E-state index in [0.29, 0.717) is 22.8 Å². The van der Waals surface area contributed by atoms with Crippen LogP contribution in [0.3, 0.4) is 0 Å². The number of nitrogens with one attached hydrogen (secondary N) is 1. The number of rotatable bonds is 4. The van der Waals surface area contributed by atoms with Crippen LogP contribution in [0.15, 0.2) is 60.9 Å². The summed E-state index contributed by atoms with van der Waals surface area (Å²) in [5.41, 5.74) is 1.86. The molecule has 0 radical (unpaired) electrons. The average Bonchev–Trinajstić information content (AvgIpc) is 3.01.